The van der Waals surface area contributed by atoms with Crippen LogP contribution in [0.15, 0.2) is 0 Å². The Hall–Kier alpha value is -1.59. The summed E-state index contributed by atoms with van der Waals surface area (Å²) in [5.74, 6) is -1.43. The molecule has 6 heteroatoms. The van der Waals surface area contributed by atoms with Crippen molar-refractivity contribution in [2.45, 2.75) is 32.4 Å². The van der Waals surface area contributed by atoms with Gasteiger partial charge in [0.25, 0.3) is 0 Å². The average molecular weight is 203 g/mol. The summed E-state index contributed by atoms with van der Waals surface area (Å²) in [5.41, 5.74) is -0.726. The maximum Gasteiger partial charge on any atom is 0.408 e. The molecule has 6 nitrogen and oxygen atoms in total. The van der Waals surface area contributed by atoms with Crippen LogP contribution in [0.25, 0.3) is 0 Å². The van der Waals surface area contributed by atoms with Crippen molar-refractivity contribution in [3.8, 4) is 0 Å². The Morgan fingerprint density at radius 2 is 1.93 bits per heavy atom. The molecule has 2 N–H and O–H groups in total. The Bertz CT molecular complexity index is 243. The number of carbonyl (C=O) groups is 3. The third-order valence-electron chi connectivity index (χ3n) is 1.07. The molecule has 14 heavy (non-hydrogen) atoms. The minimum atomic E-state index is -1.56. The number of hydrogen-bond acceptors (Lipinski definition) is 4. The van der Waals surface area contributed by atoms with Gasteiger partial charge in [0, 0.05) is 0 Å². The highest BCUT2D eigenvalue weighted by molar-refractivity contribution is 5.94. The second kappa shape index (κ2) is 4.59. The van der Waals surface area contributed by atoms with E-state index in [1.165, 1.54) is 0 Å². The summed E-state index contributed by atoms with van der Waals surface area (Å²) in [6, 6.07) is -1.56. The zero-order valence-electron chi connectivity index (χ0n) is 8.23. The highest BCUT2D eigenvalue weighted by atomic mass is 16.6. The fourth-order valence-corrected chi connectivity index (χ4v) is 0.588. The van der Waals surface area contributed by atoms with E-state index in [1.807, 2.05) is 5.32 Å². The maximum atomic E-state index is 11.0. The fraction of sp³-hybridized carbons (Fsp3) is 0.625. The van der Waals surface area contributed by atoms with Gasteiger partial charge in [-0.1, -0.05) is 0 Å². The molecule has 0 rings (SSSR count). The van der Waals surface area contributed by atoms with E-state index in [0.717, 1.165) is 0 Å². The van der Waals surface area contributed by atoms with Gasteiger partial charge < -0.3 is 20.0 Å². The van der Waals surface area contributed by atoms with Crippen LogP contribution in [-0.2, 0) is 14.3 Å². The van der Waals surface area contributed by atoms with Crippen LogP contribution >= 0.6 is 0 Å². The normalized spacial score (nSPS) is 12.8. The molecule has 0 aliphatic carbocycles. The van der Waals surface area contributed by atoms with Crippen molar-refractivity contribution in [2.75, 3.05) is 0 Å². The molecule has 0 aromatic rings. The molecule has 0 aliphatic heterocycles. The Kier molecular flexibility index (Phi) is 4.07. The predicted molar refractivity (Wildman–Crippen MR) is 46.9 cm³/mol. The fourth-order valence-electron chi connectivity index (χ4n) is 0.588. The van der Waals surface area contributed by atoms with Crippen LogP contribution in [0.3, 0.4) is 0 Å². The molecule has 0 aliphatic rings. The molecular formula is C8H13NO5. The molecule has 0 radical (unpaired) electrons. The number of ether oxygens (including phenoxy) is 1. The van der Waals surface area contributed by atoms with Crippen LogP contribution in [0.5, 0.6) is 0 Å². The van der Waals surface area contributed by atoms with E-state index in [2.05, 4.69) is 0 Å². The zero-order valence-corrected chi connectivity index (χ0v) is 8.23. The predicted octanol–water partition coefficient (Wildman–Crippen LogP) is 0.163. The quantitative estimate of drug-likeness (QED) is 0.503. The van der Waals surface area contributed by atoms with Gasteiger partial charge in [0.1, 0.15) is 5.60 Å². The van der Waals surface area contributed by atoms with Crippen molar-refractivity contribution in [1.29, 1.82) is 0 Å². The largest absolute Gasteiger partial charge is 0.479 e. The van der Waals surface area contributed by atoms with Crippen LogP contribution < -0.4 is 5.32 Å². The third-order valence-corrected chi connectivity index (χ3v) is 1.07. The van der Waals surface area contributed by atoms with Crippen LogP contribution in [0.4, 0.5) is 4.79 Å². The monoisotopic (exact) mass is 203 g/mol. The maximum absolute atomic E-state index is 11.0. The summed E-state index contributed by atoms with van der Waals surface area (Å²) < 4.78 is 4.75. The number of aldehydes is 1. The van der Waals surface area contributed by atoms with Crippen LogP contribution in [0, 0.1) is 0 Å². The van der Waals surface area contributed by atoms with Crippen LogP contribution in [0.2, 0.25) is 0 Å². The second-order valence-electron chi connectivity index (χ2n) is 3.60. The van der Waals surface area contributed by atoms with E-state index in [1.54, 1.807) is 20.8 Å². The molecule has 0 heterocycles. The molecule has 0 saturated carbocycles. The molecule has 0 aromatic heterocycles. The first-order valence-corrected chi connectivity index (χ1v) is 3.94. The van der Waals surface area contributed by atoms with E-state index in [-0.39, 0.29) is 6.29 Å². The molecule has 1 atom stereocenters. The smallest absolute Gasteiger partial charge is 0.408 e. The number of alkyl carbamates (subject to hydrolysis) is 1. The van der Waals surface area contributed by atoms with Crippen molar-refractivity contribution >= 4 is 18.3 Å². The Labute approximate surface area is 81.2 Å². The first kappa shape index (κ1) is 12.4. The molecule has 0 fully saturated rings. The summed E-state index contributed by atoms with van der Waals surface area (Å²) in [6.07, 6.45) is -0.816. The lowest BCUT2D eigenvalue weighted by Crippen LogP contribution is -2.44. The van der Waals surface area contributed by atoms with Gasteiger partial charge in [-0.3, -0.25) is 0 Å². The highest BCUT2D eigenvalue weighted by Crippen LogP contribution is 2.06. The van der Waals surface area contributed by atoms with Crippen LogP contribution in [-0.4, -0.2) is 35.1 Å². The summed E-state index contributed by atoms with van der Waals surface area (Å²) in [6.45, 7) is 4.88. The van der Waals surface area contributed by atoms with Crippen molar-refractivity contribution in [1.82, 2.24) is 5.32 Å². The van der Waals surface area contributed by atoms with E-state index in [9.17, 15) is 14.4 Å². The zero-order chi connectivity index (χ0) is 11.4. The Balaban J connectivity index is 4.18. The van der Waals surface area contributed by atoms with Crippen molar-refractivity contribution in [3.05, 3.63) is 0 Å². The lowest BCUT2D eigenvalue weighted by molar-refractivity contribution is -0.141. The van der Waals surface area contributed by atoms with E-state index < -0.39 is 23.7 Å². The van der Waals surface area contributed by atoms with Gasteiger partial charge in [-0.15, -0.1) is 0 Å². The van der Waals surface area contributed by atoms with Gasteiger partial charge in [0.15, 0.2) is 12.3 Å². The summed E-state index contributed by atoms with van der Waals surface area (Å²) in [4.78, 5) is 31.5. The second-order valence-corrected chi connectivity index (χ2v) is 3.60. The summed E-state index contributed by atoms with van der Waals surface area (Å²) in [5, 5.41) is 10.3. The van der Waals surface area contributed by atoms with Gasteiger partial charge >= 0.3 is 12.1 Å². The molecule has 1 unspecified atom stereocenters. The number of hydrogen-bond donors (Lipinski definition) is 2. The van der Waals surface area contributed by atoms with Crippen LogP contribution in [0.1, 0.15) is 20.8 Å². The number of amides is 1. The van der Waals surface area contributed by atoms with Gasteiger partial charge in [0.05, 0.1) is 0 Å². The SMILES string of the molecule is CC(C)(C)OC(=O)NC(C=O)C(=O)O. The number of carboxylic acid groups (broad SMARTS) is 1. The van der Waals surface area contributed by atoms with Crippen molar-refractivity contribution in [2.24, 2.45) is 0 Å². The third kappa shape index (κ3) is 5.13. The standard InChI is InChI=1S/C8H13NO5/c1-8(2,3)14-7(13)9-5(4-10)6(11)12/h4-5H,1-3H3,(H,9,13)(H,11,12). The lowest BCUT2D eigenvalue weighted by Gasteiger charge is -2.20. The average Bonchev–Trinajstić information content (AvgIpc) is 1.96. The van der Waals surface area contributed by atoms with Gasteiger partial charge in [-0.25, -0.2) is 9.59 Å². The first-order valence-electron chi connectivity index (χ1n) is 3.94. The van der Waals surface area contributed by atoms with E-state index in [4.69, 9.17) is 9.84 Å². The first-order chi connectivity index (χ1) is 6.26. The number of rotatable bonds is 3. The van der Waals surface area contributed by atoms with Crippen molar-refractivity contribution < 1.29 is 24.2 Å². The number of nitrogens with one attached hydrogen (secondary N) is 1. The molecule has 80 valence electrons. The minimum absolute atomic E-state index is 0.117. The lowest BCUT2D eigenvalue weighted by atomic mass is 10.2. The van der Waals surface area contributed by atoms with E-state index >= 15 is 0 Å². The summed E-state index contributed by atoms with van der Waals surface area (Å²) >= 11 is 0. The highest BCUT2D eigenvalue weighted by Gasteiger charge is 2.22. The summed E-state index contributed by atoms with van der Waals surface area (Å²) in [7, 11) is 0. The Morgan fingerprint density at radius 3 is 2.21 bits per heavy atom. The van der Waals surface area contributed by atoms with Gasteiger partial charge in [-0.05, 0) is 20.8 Å². The Morgan fingerprint density at radius 1 is 1.43 bits per heavy atom. The van der Waals surface area contributed by atoms with E-state index in [0.29, 0.717) is 0 Å². The molecule has 0 aromatic carbocycles. The number of aliphatic carboxylic acids is 1. The topological polar surface area (TPSA) is 92.7 Å². The van der Waals surface area contributed by atoms with Crippen molar-refractivity contribution in [3.63, 3.8) is 0 Å². The molecule has 0 saturated heterocycles. The molecule has 0 spiro atoms. The van der Waals surface area contributed by atoms with Gasteiger partial charge in [-0.2, -0.15) is 0 Å². The number of carbonyl (C=O) groups excluding carboxylic acids is 2. The van der Waals surface area contributed by atoms with Gasteiger partial charge in [0.2, 0.25) is 0 Å². The number of carboxylic acids is 1. The molecular weight excluding hydrogens is 190 g/mol. The minimum Gasteiger partial charge on any atom is -0.479 e. The molecule has 1 amide bonds. The molecule has 0 bridgehead atoms.